The lowest BCUT2D eigenvalue weighted by Gasteiger charge is -2.12. The van der Waals surface area contributed by atoms with Crippen molar-refractivity contribution < 1.29 is 5.11 Å². The van der Waals surface area contributed by atoms with Crippen LogP contribution in [0.1, 0.15) is 17.3 Å². The van der Waals surface area contributed by atoms with Crippen molar-refractivity contribution >= 4 is 15.9 Å². The molecule has 11 heavy (non-hydrogen) atoms. The van der Waals surface area contributed by atoms with Gasteiger partial charge in [-0.2, -0.15) is 0 Å². The molecule has 60 valence electrons. The minimum atomic E-state index is -0.350. The molecule has 0 spiro atoms. The lowest BCUT2D eigenvalue weighted by molar-refractivity contribution is 0.194. The number of halogens is 1. The zero-order chi connectivity index (χ0) is 8.27. The van der Waals surface area contributed by atoms with Crippen LogP contribution < -0.4 is 0 Å². The van der Waals surface area contributed by atoms with Gasteiger partial charge in [0.15, 0.2) is 0 Å². The Morgan fingerprint density at radius 1 is 1.27 bits per heavy atom. The highest BCUT2D eigenvalue weighted by Gasteiger charge is 2.11. The Kier molecular flexibility index (Phi) is 3.09. The maximum absolute atomic E-state index is 9.23. The molecule has 2 unspecified atom stereocenters. The van der Waals surface area contributed by atoms with Gasteiger partial charge in [0.05, 0.1) is 10.9 Å². The maximum atomic E-state index is 9.23. The Balaban J connectivity index is 2.77. The standard InChI is InChI=1S/C9H11BrO/c1-7(11)9(10)8-5-3-2-4-6-8/h2-7,9,11H,1H3. The summed E-state index contributed by atoms with van der Waals surface area (Å²) in [4.78, 5) is 0.0451. The van der Waals surface area contributed by atoms with E-state index in [1.54, 1.807) is 6.92 Å². The van der Waals surface area contributed by atoms with Gasteiger partial charge in [-0.3, -0.25) is 0 Å². The van der Waals surface area contributed by atoms with Crippen LogP contribution in [0.3, 0.4) is 0 Å². The molecule has 2 heteroatoms. The predicted molar refractivity (Wildman–Crippen MR) is 49.8 cm³/mol. The highest BCUT2D eigenvalue weighted by Crippen LogP contribution is 2.25. The van der Waals surface area contributed by atoms with Crippen LogP contribution in [0, 0.1) is 0 Å². The third kappa shape index (κ3) is 2.31. The summed E-state index contributed by atoms with van der Waals surface area (Å²) < 4.78 is 0. The van der Waals surface area contributed by atoms with Crippen molar-refractivity contribution in [2.24, 2.45) is 0 Å². The molecule has 1 N–H and O–H groups in total. The Bertz CT molecular complexity index is 208. The minimum absolute atomic E-state index is 0.0451. The van der Waals surface area contributed by atoms with Gasteiger partial charge in [-0.05, 0) is 12.5 Å². The lowest BCUT2D eigenvalue weighted by atomic mass is 10.1. The molecule has 1 aromatic carbocycles. The molecular formula is C9H11BrO. The first-order valence-corrected chi connectivity index (χ1v) is 4.50. The van der Waals surface area contributed by atoms with Gasteiger partial charge in [-0.25, -0.2) is 0 Å². The molecule has 0 radical (unpaired) electrons. The second kappa shape index (κ2) is 3.88. The maximum Gasteiger partial charge on any atom is 0.0678 e. The topological polar surface area (TPSA) is 20.2 Å². The summed E-state index contributed by atoms with van der Waals surface area (Å²) in [5.41, 5.74) is 1.11. The molecule has 1 rings (SSSR count). The first-order chi connectivity index (χ1) is 5.22. The zero-order valence-electron chi connectivity index (χ0n) is 6.37. The normalized spacial score (nSPS) is 15.9. The molecule has 0 aliphatic heterocycles. The number of hydrogen-bond donors (Lipinski definition) is 1. The van der Waals surface area contributed by atoms with Crippen LogP contribution in [0.15, 0.2) is 30.3 Å². The van der Waals surface area contributed by atoms with Crippen LogP contribution in [-0.4, -0.2) is 11.2 Å². The molecule has 0 amide bonds. The summed E-state index contributed by atoms with van der Waals surface area (Å²) >= 11 is 3.40. The molecule has 0 heterocycles. The van der Waals surface area contributed by atoms with Gasteiger partial charge in [0.2, 0.25) is 0 Å². The highest BCUT2D eigenvalue weighted by atomic mass is 79.9. The largest absolute Gasteiger partial charge is 0.392 e. The third-order valence-corrected chi connectivity index (χ3v) is 2.84. The fourth-order valence-electron chi connectivity index (χ4n) is 0.915. The zero-order valence-corrected chi connectivity index (χ0v) is 7.95. The monoisotopic (exact) mass is 214 g/mol. The SMILES string of the molecule is CC(O)C(Br)c1ccccc1. The summed E-state index contributed by atoms with van der Waals surface area (Å²) in [7, 11) is 0. The number of aliphatic hydroxyl groups excluding tert-OH is 1. The molecule has 0 saturated carbocycles. The third-order valence-electron chi connectivity index (χ3n) is 1.54. The van der Waals surface area contributed by atoms with Crippen LogP contribution >= 0.6 is 15.9 Å². The van der Waals surface area contributed by atoms with E-state index in [4.69, 9.17) is 0 Å². The Hall–Kier alpha value is -0.340. The van der Waals surface area contributed by atoms with E-state index in [0.29, 0.717) is 0 Å². The Labute approximate surface area is 75.2 Å². The molecule has 0 fully saturated rings. The number of rotatable bonds is 2. The number of hydrogen-bond acceptors (Lipinski definition) is 1. The van der Waals surface area contributed by atoms with E-state index in [1.807, 2.05) is 30.3 Å². The average molecular weight is 215 g/mol. The first-order valence-electron chi connectivity index (χ1n) is 3.59. The van der Waals surface area contributed by atoms with Gasteiger partial charge < -0.3 is 5.11 Å². The van der Waals surface area contributed by atoms with Crippen molar-refractivity contribution in [2.45, 2.75) is 17.9 Å². The first kappa shape index (κ1) is 8.75. The molecule has 2 atom stereocenters. The fourth-order valence-corrected chi connectivity index (χ4v) is 1.22. The number of alkyl halides is 1. The van der Waals surface area contributed by atoms with E-state index in [1.165, 1.54) is 0 Å². The van der Waals surface area contributed by atoms with Crippen LogP contribution in [0.25, 0.3) is 0 Å². The fraction of sp³-hybridized carbons (Fsp3) is 0.333. The van der Waals surface area contributed by atoms with E-state index in [-0.39, 0.29) is 10.9 Å². The molecule has 1 nitrogen and oxygen atoms in total. The second-order valence-corrected chi connectivity index (χ2v) is 3.54. The van der Waals surface area contributed by atoms with Crippen molar-refractivity contribution in [3.05, 3.63) is 35.9 Å². The van der Waals surface area contributed by atoms with Gasteiger partial charge in [-0.15, -0.1) is 0 Å². The number of benzene rings is 1. The summed E-state index contributed by atoms with van der Waals surface area (Å²) in [6.45, 7) is 1.77. The summed E-state index contributed by atoms with van der Waals surface area (Å²) in [6.07, 6.45) is -0.350. The number of aliphatic hydroxyl groups is 1. The van der Waals surface area contributed by atoms with Gasteiger partial charge in [0, 0.05) is 0 Å². The predicted octanol–water partition coefficient (Wildman–Crippen LogP) is 2.50. The molecule has 0 aromatic heterocycles. The van der Waals surface area contributed by atoms with Crippen molar-refractivity contribution in [3.63, 3.8) is 0 Å². The minimum Gasteiger partial charge on any atom is -0.392 e. The van der Waals surface area contributed by atoms with Crippen LogP contribution in [0.5, 0.6) is 0 Å². The van der Waals surface area contributed by atoms with Gasteiger partial charge in [0.1, 0.15) is 0 Å². The van der Waals surface area contributed by atoms with Crippen LogP contribution in [0.4, 0.5) is 0 Å². The van der Waals surface area contributed by atoms with Crippen molar-refractivity contribution in [2.75, 3.05) is 0 Å². The summed E-state index contributed by atoms with van der Waals surface area (Å²) in [5, 5.41) is 9.23. The van der Waals surface area contributed by atoms with Crippen molar-refractivity contribution in [3.8, 4) is 0 Å². The highest BCUT2D eigenvalue weighted by molar-refractivity contribution is 9.09. The molecule has 0 bridgehead atoms. The van der Waals surface area contributed by atoms with Gasteiger partial charge in [0.25, 0.3) is 0 Å². The Morgan fingerprint density at radius 2 is 1.82 bits per heavy atom. The van der Waals surface area contributed by atoms with Crippen LogP contribution in [0.2, 0.25) is 0 Å². The van der Waals surface area contributed by atoms with Gasteiger partial charge in [-0.1, -0.05) is 46.3 Å². The van der Waals surface area contributed by atoms with E-state index in [9.17, 15) is 5.11 Å². The second-order valence-electron chi connectivity index (χ2n) is 2.55. The molecule has 0 aliphatic rings. The summed E-state index contributed by atoms with van der Waals surface area (Å²) in [6, 6.07) is 9.88. The quantitative estimate of drug-likeness (QED) is 0.751. The molecule has 1 aromatic rings. The van der Waals surface area contributed by atoms with Crippen molar-refractivity contribution in [1.82, 2.24) is 0 Å². The van der Waals surface area contributed by atoms with Crippen LogP contribution in [-0.2, 0) is 0 Å². The molecule has 0 saturated heterocycles. The van der Waals surface area contributed by atoms with E-state index < -0.39 is 0 Å². The smallest absolute Gasteiger partial charge is 0.0678 e. The van der Waals surface area contributed by atoms with Crippen molar-refractivity contribution in [1.29, 1.82) is 0 Å². The Morgan fingerprint density at radius 3 is 2.27 bits per heavy atom. The lowest BCUT2D eigenvalue weighted by Crippen LogP contribution is -2.07. The van der Waals surface area contributed by atoms with E-state index in [2.05, 4.69) is 15.9 Å². The molecular weight excluding hydrogens is 204 g/mol. The molecule has 0 aliphatic carbocycles. The van der Waals surface area contributed by atoms with E-state index >= 15 is 0 Å². The van der Waals surface area contributed by atoms with E-state index in [0.717, 1.165) is 5.56 Å². The van der Waals surface area contributed by atoms with Gasteiger partial charge >= 0.3 is 0 Å². The summed E-state index contributed by atoms with van der Waals surface area (Å²) in [5.74, 6) is 0. The average Bonchev–Trinajstić information content (AvgIpc) is 2.05.